The molecule has 1 aromatic rings. The summed E-state index contributed by atoms with van der Waals surface area (Å²) < 4.78 is 0. The summed E-state index contributed by atoms with van der Waals surface area (Å²) in [6, 6.07) is 8.17. The van der Waals surface area contributed by atoms with Gasteiger partial charge in [-0.1, -0.05) is 24.3 Å². The van der Waals surface area contributed by atoms with Gasteiger partial charge in [0.25, 0.3) is 0 Å². The first-order valence-electron chi connectivity index (χ1n) is 5.84. The van der Waals surface area contributed by atoms with Crippen LogP contribution in [0.5, 0.6) is 0 Å². The van der Waals surface area contributed by atoms with E-state index >= 15 is 0 Å². The van der Waals surface area contributed by atoms with E-state index < -0.39 is 0 Å². The Balaban J connectivity index is 2.20. The number of benzene rings is 1. The molecular weight excluding hydrogens is 200 g/mol. The van der Waals surface area contributed by atoms with E-state index in [0.717, 1.165) is 31.5 Å². The summed E-state index contributed by atoms with van der Waals surface area (Å²) in [5, 5.41) is 3.35. The minimum atomic E-state index is -0.249. The van der Waals surface area contributed by atoms with E-state index in [4.69, 9.17) is 5.73 Å². The molecule has 3 N–H and O–H groups in total. The molecule has 16 heavy (non-hydrogen) atoms. The van der Waals surface area contributed by atoms with Gasteiger partial charge in [0.15, 0.2) is 0 Å². The second-order valence-electron chi connectivity index (χ2n) is 4.37. The third-order valence-corrected chi connectivity index (χ3v) is 3.20. The summed E-state index contributed by atoms with van der Waals surface area (Å²) in [6.07, 6.45) is 2.66. The molecule has 0 saturated carbocycles. The Hall–Kier alpha value is -1.35. The Labute approximate surface area is 96.0 Å². The van der Waals surface area contributed by atoms with Crippen LogP contribution in [-0.4, -0.2) is 19.0 Å². The molecule has 0 aromatic heterocycles. The fourth-order valence-corrected chi connectivity index (χ4v) is 2.41. The van der Waals surface area contributed by atoms with Gasteiger partial charge in [-0.25, -0.2) is 0 Å². The predicted molar refractivity (Wildman–Crippen MR) is 64.2 cm³/mol. The van der Waals surface area contributed by atoms with Crippen molar-refractivity contribution in [2.45, 2.75) is 25.2 Å². The largest absolute Gasteiger partial charge is 0.369 e. The second-order valence-corrected chi connectivity index (χ2v) is 4.37. The van der Waals surface area contributed by atoms with Crippen LogP contribution in [0, 0.1) is 0 Å². The molecule has 1 fully saturated rings. The minimum Gasteiger partial charge on any atom is -0.369 e. The summed E-state index contributed by atoms with van der Waals surface area (Å²) >= 11 is 0. The molecule has 0 spiro atoms. The van der Waals surface area contributed by atoms with Crippen LogP contribution in [0.15, 0.2) is 24.3 Å². The summed E-state index contributed by atoms with van der Waals surface area (Å²) in [7, 11) is 0. The Kier molecular flexibility index (Phi) is 3.57. The van der Waals surface area contributed by atoms with Crippen molar-refractivity contribution in [3.8, 4) is 0 Å². The number of hydrogen-bond acceptors (Lipinski definition) is 2. The van der Waals surface area contributed by atoms with Gasteiger partial charge in [0.05, 0.1) is 6.42 Å². The van der Waals surface area contributed by atoms with E-state index in [2.05, 4.69) is 11.4 Å². The van der Waals surface area contributed by atoms with Crippen molar-refractivity contribution in [1.29, 1.82) is 0 Å². The topological polar surface area (TPSA) is 55.1 Å². The van der Waals surface area contributed by atoms with Gasteiger partial charge in [-0.05, 0) is 43.0 Å². The van der Waals surface area contributed by atoms with Crippen LogP contribution in [0.25, 0.3) is 0 Å². The monoisotopic (exact) mass is 218 g/mol. The van der Waals surface area contributed by atoms with Gasteiger partial charge < -0.3 is 11.1 Å². The number of rotatable bonds is 3. The first kappa shape index (κ1) is 11.1. The lowest BCUT2D eigenvalue weighted by Crippen LogP contribution is -2.27. The highest BCUT2D eigenvalue weighted by atomic mass is 16.1. The number of hydrogen-bond donors (Lipinski definition) is 2. The predicted octanol–water partition coefficient (Wildman–Crippen LogP) is 1.18. The van der Waals surface area contributed by atoms with Gasteiger partial charge in [0.1, 0.15) is 0 Å². The van der Waals surface area contributed by atoms with Crippen molar-refractivity contribution in [2.24, 2.45) is 5.73 Å². The molecule has 2 rings (SSSR count). The lowest BCUT2D eigenvalue weighted by Gasteiger charge is -2.24. The third kappa shape index (κ3) is 2.61. The molecule has 86 valence electrons. The zero-order valence-electron chi connectivity index (χ0n) is 9.41. The second kappa shape index (κ2) is 5.12. The highest BCUT2D eigenvalue weighted by Crippen LogP contribution is 2.28. The number of carbonyl (C=O) groups excluding carboxylic acids is 1. The van der Waals surface area contributed by atoms with Gasteiger partial charge in [-0.3, -0.25) is 4.79 Å². The first-order valence-corrected chi connectivity index (χ1v) is 5.84. The number of primary amides is 1. The molecule has 0 unspecified atom stereocenters. The van der Waals surface area contributed by atoms with E-state index in [0.29, 0.717) is 12.3 Å². The third-order valence-electron chi connectivity index (χ3n) is 3.20. The summed E-state index contributed by atoms with van der Waals surface area (Å²) in [5.74, 6) is 0.332. The van der Waals surface area contributed by atoms with Crippen molar-refractivity contribution in [2.75, 3.05) is 13.1 Å². The van der Waals surface area contributed by atoms with Crippen LogP contribution in [-0.2, 0) is 11.2 Å². The SMILES string of the molecule is NC(=O)Cc1ccccc1C1CCNCC1. The summed E-state index contributed by atoms with van der Waals surface area (Å²) in [5.41, 5.74) is 7.68. The summed E-state index contributed by atoms with van der Waals surface area (Å²) in [4.78, 5) is 11.0. The van der Waals surface area contributed by atoms with E-state index in [1.807, 2.05) is 18.2 Å². The number of piperidine rings is 1. The van der Waals surface area contributed by atoms with Crippen molar-refractivity contribution < 1.29 is 4.79 Å². The van der Waals surface area contributed by atoms with E-state index in [1.165, 1.54) is 5.56 Å². The average molecular weight is 218 g/mol. The first-order chi connectivity index (χ1) is 7.77. The van der Waals surface area contributed by atoms with Crippen LogP contribution in [0.2, 0.25) is 0 Å². The Bertz CT molecular complexity index is 370. The molecule has 3 nitrogen and oxygen atoms in total. The maximum atomic E-state index is 11.0. The van der Waals surface area contributed by atoms with Gasteiger partial charge in [-0.2, -0.15) is 0 Å². The average Bonchev–Trinajstić information content (AvgIpc) is 2.30. The molecule has 0 atom stereocenters. The molecule has 1 aromatic carbocycles. The van der Waals surface area contributed by atoms with Gasteiger partial charge in [0, 0.05) is 0 Å². The van der Waals surface area contributed by atoms with Crippen molar-refractivity contribution >= 4 is 5.91 Å². The van der Waals surface area contributed by atoms with E-state index in [-0.39, 0.29) is 5.91 Å². The number of nitrogens with two attached hydrogens (primary N) is 1. The normalized spacial score (nSPS) is 17.2. The van der Waals surface area contributed by atoms with E-state index in [9.17, 15) is 4.79 Å². The Morgan fingerprint density at radius 1 is 1.31 bits per heavy atom. The number of amides is 1. The molecule has 1 heterocycles. The molecule has 0 radical (unpaired) electrons. The molecule has 0 aliphatic carbocycles. The van der Waals surface area contributed by atoms with Gasteiger partial charge >= 0.3 is 0 Å². The Morgan fingerprint density at radius 3 is 2.69 bits per heavy atom. The molecule has 1 saturated heterocycles. The zero-order chi connectivity index (χ0) is 11.4. The lowest BCUT2D eigenvalue weighted by molar-refractivity contribution is -0.117. The maximum absolute atomic E-state index is 11.0. The zero-order valence-corrected chi connectivity index (χ0v) is 9.41. The Morgan fingerprint density at radius 2 is 2.00 bits per heavy atom. The van der Waals surface area contributed by atoms with Crippen molar-refractivity contribution in [1.82, 2.24) is 5.32 Å². The van der Waals surface area contributed by atoms with Crippen LogP contribution >= 0.6 is 0 Å². The van der Waals surface area contributed by atoms with Crippen LogP contribution < -0.4 is 11.1 Å². The van der Waals surface area contributed by atoms with Crippen LogP contribution in [0.1, 0.15) is 29.9 Å². The molecular formula is C13H18N2O. The van der Waals surface area contributed by atoms with Crippen molar-refractivity contribution in [3.63, 3.8) is 0 Å². The highest BCUT2D eigenvalue weighted by molar-refractivity contribution is 5.77. The quantitative estimate of drug-likeness (QED) is 0.800. The lowest BCUT2D eigenvalue weighted by atomic mass is 9.86. The fraction of sp³-hybridized carbons (Fsp3) is 0.462. The number of nitrogens with one attached hydrogen (secondary N) is 1. The van der Waals surface area contributed by atoms with Crippen LogP contribution in [0.4, 0.5) is 0 Å². The van der Waals surface area contributed by atoms with Crippen LogP contribution in [0.3, 0.4) is 0 Å². The van der Waals surface area contributed by atoms with Gasteiger partial charge in [0.2, 0.25) is 5.91 Å². The standard InChI is InChI=1S/C13H18N2O/c14-13(16)9-11-3-1-2-4-12(11)10-5-7-15-8-6-10/h1-4,10,15H,5-9H2,(H2,14,16). The van der Waals surface area contributed by atoms with Gasteiger partial charge in [-0.15, -0.1) is 0 Å². The fourth-order valence-electron chi connectivity index (χ4n) is 2.41. The highest BCUT2D eigenvalue weighted by Gasteiger charge is 2.18. The smallest absolute Gasteiger partial charge is 0.221 e. The molecule has 3 heteroatoms. The molecule has 1 amide bonds. The minimum absolute atomic E-state index is 0.249. The van der Waals surface area contributed by atoms with Crippen molar-refractivity contribution in [3.05, 3.63) is 35.4 Å². The van der Waals surface area contributed by atoms with E-state index in [1.54, 1.807) is 0 Å². The number of carbonyl (C=O) groups is 1. The molecule has 1 aliphatic rings. The maximum Gasteiger partial charge on any atom is 0.221 e. The molecule has 0 bridgehead atoms. The molecule has 1 aliphatic heterocycles. The summed E-state index contributed by atoms with van der Waals surface area (Å²) in [6.45, 7) is 2.13.